The third kappa shape index (κ3) is 3.64. The number of allylic oxidation sites excluding steroid dienone is 3. The van der Waals surface area contributed by atoms with Gasteiger partial charge in [0.1, 0.15) is 5.82 Å². The van der Waals surface area contributed by atoms with E-state index in [4.69, 9.17) is 17.3 Å². The lowest BCUT2D eigenvalue weighted by atomic mass is 9.72. The Balaban J connectivity index is 1.76. The molecule has 1 aromatic heterocycles. The van der Waals surface area contributed by atoms with E-state index in [1.165, 1.54) is 0 Å². The highest BCUT2D eigenvalue weighted by molar-refractivity contribution is 7.12. The third-order valence-electron chi connectivity index (χ3n) is 6.72. The highest BCUT2D eigenvalue weighted by Crippen LogP contribution is 2.51. The molecule has 0 amide bonds. The molecule has 0 saturated heterocycles. The van der Waals surface area contributed by atoms with E-state index in [1.54, 1.807) is 17.4 Å². The van der Waals surface area contributed by atoms with Crippen LogP contribution >= 0.6 is 22.9 Å². The number of para-hydroxylation sites is 1. The molecule has 5 rings (SSSR count). The lowest BCUT2D eigenvalue weighted by molar-refractivity contribution is -0.116. The number of ketones is 1. The van der Waals surface area contributed by atoms with Gasteiger partial charge in [-0.1, -0.05) is 54.1 Å². The lowest BCUT2D eigenvalue weighted by Crippen LogP contribution is -2.40. The van der Waals surface area contributed by atoms with Crippen molar-refractivity contribution in [1.82, 2.24) is 0 Å². The molecule has 3 aromatic rings. The van der Waals surface area contributed by atoms with Gasteiger partial charge in [-0.3, -0.25) is 9.69 Å². The van der Waals surface area contributed by atoms with Gasteiger partial charge in [-0.2, -0.15) is 5.26 Å². The number of carbonyl (C=O) groups is 1. The molecule has 0 fully saturated rings. The molecule has 2 N–H and O–H groups in total. The number of aryl methyl sites for hydroxylation is 2. The lowest BCUT2D eigenvalue weighted by Gasteiger charge is -2.41. The van der Waals surface area contributed by atoms with Crippen molar-refractivity contribution in [3.05, 3.63) is 109 Å². The molecule has 0 spiro atoms. The molecule has 0 bridgehead atoms. The van der Waals surface area contributed by atoms with Crippen molar-refractivity contribution in [1.29, 1.82) is 5.26 Å². The fourth-order valence-corrected chi connectivity index (χ4v) is 6.43. The van der Waals surface area contributed by atoms with Gasteiger partial charge in [0.2, 0.25) is 0 Å². The van der Waals surface area contributed by atoms with E-state index < -0.39 is 5.92 Å². The molecule has 0 saturated carbocycles. The predicted molar refractivity (Wildman–Crippen MR) is 138 cm³/mol. The van der Waals surface area contributed by atoms with Crippen LogP contribution in [0.15, 0.2) is 83.3 Å². The van der Waals surface area contributed by atoms with Crippen LogP contribution in [0.25, 0.3) is 0 Å². The molecule has 1 aliphatic heterocycles. The van der Waals surface area contributed by atoms with Gasteiger partial charge < -0.3 is 5.73 Å². The number of anilines is 1. The van der Waals surface area contributed by atoms with E-state index in [2.05, 4.69) is 24.3 Å². The van der Waals surface area contributed by atoms with Crippen molar-refractivity contribution in [3.8, 4) is 6.07 Å². The first kappa shape index (κ1) is 22.5. The molecule has 6 heteroatoms. The number of Topliss-reactive ketones (excluding diaryl/α,β-unsaturated/α-hetero) is 1. The van der Waals surface area contributed by atoms with Crippen LogP contribution in [0.2, 0.25) is 5.02 Å². The number of nitriles is 1. The zero-order valence-corrected chi connectivity index (χ0v) is 20.6. The van der Waals surface area contributed by atoms with E-state index in [9.17, 15) is 10.1 Å². The van der Waals surface area contributed by atoms with Gasteiger partial charge in [-0.25, -0.2) is 0 Å². The maximum Gasteiger partial charge on any atom is 0.162 e. The van der Waals surface area contributed by atoms with E-state index in [1.807, 2.05) is 55.1 Å². The van der Waals surface area contributed by atoms with Gasteiger partial charge >= 0.3 is 0 Å². The Hall–Kier alpha value is -3.33. The van der Waals surface area contributed by atoms with Crippen molar-refractivity contribution in [2.75, 3.05) is 4.90 Å². The number of hydrogen-bond donors (Lipinski definition) is 1. The maximum absolute atomic E-state index is 13.9. The van der Waals surface area contributed by atoms with Gasteiger partial charge in [-0.05, 0) is 55.5 Å². The Morgan fingerprint density at radius 3 is 2.44 bits per heavy atom. The molecule has 2 aliphatic rings. The average Bonchev–Trinajstić information content (AvgIpc) is 3.17. The normalized spacial score (nSPS) is 20.4. The van der Waals surface area contributed by atoms with Crippen LogP contribution in [0.5, 0.6) is 0 Å². The maximum atomic E-state index is 13.9. The highest BCUT2D eigenvalue weighted by Gasteiger charge is 2.43. The van der Waals surface area contributed by atoms with E-state index >= 15 is 0 Å². The molecule has 0 radical (unpaired) electrons. The molecule has 2 heterocycles. The molecular weight excluding hydrogens is 462 g/mol. The smallest absolute Gasteiger partial charge is 0.162 e. The summed E-state index contributed by atoms with van der Waals surface area (Å²) in [4.78, 5) is 17.9. The van der Waals surface area contributed by atoms with Crippen LogP contribution in [-0.2, 0) is 4.79 Å². The fraction of sp³-hybridized carbons (Fsp3) is 0.214. The second-order valence-corrected chi connectivity index (χ2v) is 10.7. The van der Waals surface area contributed by atoms with Crippen molar-refractivity contribution >= 4 is 34.4 Å². The summed E-state index contributed by atoms with van der Waals surface area (Å²) in [5.41, 5.74) is 11.4. The highest BCUT2D eigenvalue weighted by atomic mass is 35.5. The minimum Gasteiger partial charge on any atom is -0.384 e. The van der Waals surface area contributed by atoms with Crippen molar-refractivity contribution in [2.24, 2.45) is 5.73 Å². The minimum absolute atomic E-state index is 0.0276. The number of benzene rings is 2. The van der Waals surface area contributed by atoms with Gasteiger partial charge in [0.15, 0.2) is 5.78 Å². The molecule has 0 unspecified atom stereocenters. The number of carbonyl (C=O) groups excluding carboxylic acids is 1. The van der Waals surface area contributed by atoms with Crippen molar-refractivity contribution in [3.63, 3.8) is 0 Å². The Morgan fingerprint density at radius 1 is 1.09 bits per heavy atom. The monoisotopic (exact) mass is 485 g/mol. The largest absolute Gasteiger partial charge is 0.384 e. The van der Waals surface area contributed by atoms with Crippen LogP contribution in [0.3, 0.4) is 0 Å². The quantitative estimate of drug-likeness (QED) is 0.447. The van der Waals surface area contributed by atoms with Gasteiger partial charge in [0, 0.05) is 27.4 Å². The van der Waals surface area contributed by atoms with Gasteiger partial charge in [0.05, 0.1) is 28.3 Å². The van der Waals surface area contributed by atoms with Gasteiger partial charge in [0.25, 0.3) is 0 Å². The van der Waals surface area contributed by atoms with Crippen LogP contribution in [-0.4, -0.2) is 5.78 Å². The van der Waals surface area contributed by atoms with Crippen LogP contribution in [0.1, 0.15) is 45.6 Å². The summed E-state index contributed by atoms with van der Waals surface area (Å²) in [5, 5.41) is 10.8. The van der Waals surface area contributed by atoms with E-state index in [0.717, 1.165) is 26.6 Å². The summed E-state index contributed by atoms with van der Waals surface area (Å²) >= 11 is 8.28. The summed E-state index contributed by atoms with van der Waals surface area (Å²) in [5.74, 6) is -0.0440. The first-order valence-corrected chi connectivity index (χ1v) is 12.4. The number of nitrogens with two attached hydrogens (primary N) is 1. The SMILES string of the molecule is Cc1cc([C@H]2C(C#N)=C(N)N(c3ccccc3Cl)C3=C2C(=O)C[C@H](c2ccccc2)C3)c(C)s1. The minimum atomic E-state index is -0.465. The third-order valence-corrected chi connectivity index (χ3v) is 8.02. The molecule has 2 aromatic carbocycles. The Morgan fingerprint density at radius 2 is 1.79 bits per heavy atom. The number of nitrogens with zero attached hydrogens (tertiary/aromatic N) is 2. The first-order chi connectivity index (χ1) is 16.4. The second-order valence-electron chi connectivity index (χ2n) is 8.80. The molecule has 170 valence electrons. The van der Waals surface area contributed by atoms with Crippen molar-refractivity contribution < 1.29 is 4.79 Å². The second kappa shape index (κ2) is 8.79. The zero-order valence-electron chi connectivity index (χ0n) is 19.0. The Bertz CT molecular complexity index is 1400. The van der Waals surface area contributed by atoms with Crippen molar-refractivity contribution in [2.45, 2.75) is 38.5 Å². The van der Waals surface area contributed by atoms with E-state index in [-0.39, 0.29) is 11.7 Å². The van der Waals surface area contributed by atoms with Gasteiger partial charge in [-0.15, -0.1) is 11.3 Å². The molecule has 34 heavy (non-hydrogen) atoms. The number of hydrogen-bond acceptors (Lipinski definition) is 5. The summed E-state index contributed by atoms with van der Waals surface area (Å²) in [6.45, 7) is 4.08. The summed E-state index contributed by atoms with van der Waals surface area (Å²) in [6, 6.07) is 22.0. The summed E-state index contributed by atoms with van der Waals surface area (Å²) in [6.07, 6.45) is 1.03. The Kier molecular flexibility index (Phi) is 5.81. The molecule has 2 atom stereocenters. The number of halogens is 1. The molecular formula is C28H24ClN3OS. The Labute approximate surface area is 208 Å². The standard InChI is InChI=1S/C28H24ClN3OS/c1-16-12-20(17(2)34-16)26-21(15-30)28(31)32(23-11-7-6-10-22(23)29)24-13-19(14-25(33)27(24)26)18-8-4-3-5-9-18/h3-12,19,26H,13-14,31H2,1-2H3/t19-,26+/m1/s1. The summed E-state index contributed by atoms with van der Waals surface area (Å²) < 4.78 is 0. The summed E-state index contributed by atoms with van der Waals surface area (Å²) in [7, 11) is 0. The average molecular weight is 486 g/mol. The van der Waals surface area contributed by atoms with Crippen LogP contribution in [0, 0.1) is 25.2 Å². The van der Waals surface area contributed by atoms with Crippen LogP contribution in [0.4, 0.5) is 5.69 Å². The first-order valence-electron chi connectivity index (χ1n) is 11.2. The molecule has 1 aliphatic carbocycles. The van der Waals surface area contributed by atoms with Crippen LogP contribution < -0.4 is 10.6 Å². The molecule has 4 nitrogen and oxygen atoms in total. The number of thiophene rings is 1. The topological polar surface area (TPSA) is 70.1 Å². The predicted octanol–water partition coefficient (Wildman–Crippen LogP) is 6.72. The zero-order chi connectivity index (χ0) is 24.0. The van der Waals surface area contributed by atoms with E-state index in [0.29, 0.717) is 40.5 Å². The number of rotatable bonds is 3. The fourth-order valence-electron chi connectivity index (χ4n) is 5.25.